The fourth-order valence-corrected chi connectivity index (χ4v) is 6.04. The summed E-state index contributed by atoms with van der Waals surface area (Å²) in [6.07, 6.45) is 3.85. The van der Waals surface area contributed by atoms with E-state index in [1.54, 1.807) is 0 Å². The highest BCUT2D eigenvalue weighted by atomic mass is 16.6. The van der Waals surface area contributed by atoms with Gasteiger partial charge in [-0.3, -0.25) is 4.79 Å². The lowest BCUT2D eigenvalue weighted by Crippen LogP contribution is -2.42. The Morgan fingerprint density at radius 1 is 1.27 bits per heavy atom. The van der Waals surface area contributed by atoms with Crippen LogP contribution in [0.2, 0.25) is 0 Å². The van der Waals surface area contributed by atoms with Gasteiger partial charge in [0.15, 0.2) is 12.1 Å². The third-order valence-corrected chi connectivity index (χ3v) is 8.25. The van der Waals surface area contributed by atoms with Crippen LogP contribution in [0.25, 0.3) is 11.4 Å². The topological polar surface area (TPSA) is 105 Å². The van der Waals surface area contributed by atoms with Crippen LogP contribution in [0, 0.1) is 5.41 Å². The molecule has 174 valence electrons. The summed E-state index contributed by atoms with van der Waals surface area (Å²) < 4.78 is 7.19. The summed E-state index contributed by atoms with van der Waals surface area (Å²) in [4.78, 5) is 15.2. The Kier molecular flexibility index (Phi) is 4.90. The van der Waals surface area contributed by atoms with E-state index in [0.717, 1.165) is 67.9 Å². The van der Waals surface area contributed by atoms with Crippen molar-refractivity contribution in [3.05, 3.63) is 40.6 Å². The molecule has 9 heteroatoms. The Morgan fingerprint density at radius 3 is 2.85 bits per heavy atom. The average molecular weight is 451 g/mol. The van der Waals surface area contributed by atoms with E-state index in [-0.39, 0.29) is 17.4 Å². The molecule has 1 aromatic carbocycles. The number of benzene rings is 1. The van der Waals surface area contributed by atoms with Crippen LogP contribution in [0.15, 0.2) is 29.5 Å². The van der Waals surface area contributed by atoms with Crippen LogP contribution in [-0.4, -0.2) is 61.6 Å². The first-order chi connectivity index (χ1) is 16.0. The molecule has 3 aliphatic heterocycles. The number of carbonyl (C=O) groups excluding carboxylic acids is 1. The van der Waals surface area contributed by atoms with Gasteiger partial charge in [-0.05, 0) is 67.5 Å². The molecule has 4 heterocycles. The Hall–Kier alpha value is -2.62. The smallest absolute Gasteiger partial charge is 0.233 e. The molecule has 1 saturated carbocycles. The molecule has 2 aromatic rings. The molecule has 0 radical (unpaired) electrons. The summed E-state index contributed by atoms with van der Waals surface area (Å²) in [5.74, 6) is 1.07. The zero-order valence-electron chi connectivity index (χ0n) is 19.1. The zero-order chi connectivity index (χ0) is 22.7. The van der Waals surface area contributed by atoms with Gasteiger partial charge in [0, 0.05) is 30.3 Å². The van der Waals surface area contributed by atoms with E-state index >= 15 is 0 Å². The van der Waals surface area contributed by atoms with Crippen LogP contribution in [0.5, 0.6) is 0 Å². The maximum Gasteiger partial charge on any atom is 0.233 e. The second kappa shape index (κ2) is 7.72. The number of likely N-dealkylation sites (tertiary alicyclic amines) is 1. The van der Waals surface area contributed by atoms with Gasteiger partial charge in [-0.1, -0.05) is 18.2 Å². The zero-order valence-corrected chi connectivity index (χ0v) is 19.1. The van der Waals surface area contributed by atoms with Crippen molar-refractivity contribution in [2.24, 2.45) is 5.41 Å². The van der Waals surface area contributed by atoms with Crippen LogP contribution in [0.3, 0.4) is 0 Å². The van der Waals surface area contributed by atoms with Crippen LogP contribution >= 0.6 is 0 Å². The fraction of sp³-hybridized carbons (Fsp3) is 0.583. The molecular weight excluding hydrogens is 420 g/mol. The number of amides is 1. The van der Waals surface area contributed by atoms with Gasteiger partial charge >= 0.3 is 0 Å². The lowest BCUT2D eigenvalue weighted by molar-refractivity contribution is -0.136. The molecule has 9 nitrogen and oxygen atoms in total. The van der Waals surface area contributed by atoms with E-state index in [4.69, 9.17) is 4.74 Å². The SMILES string of the molecule is CC1=C(N2CC[C@]3(CC[C@@H](NCc4ccc5c(c4)C(C)n4nnnc4-5)CC3)C2=O)COC1O. The summed E-state index contributed by atoms with van der Waals surface area (Å²) in [7, 11) is 0. The van der Waals surface area contributed by atoms with E-state index in [1.807, 2.05) is 16.5 Å². The number of rotatable bonds is 4. The number of nitrogens with zero attached hydrogens (tertiary/aromatic N) is 5. The van der Waals surface area contributed by atoms with Crippen molar-refractivity contribution in [1.82, 2.24) is 30.4 Å². The summed E-state index contributed by atoms with van der Waals surface area (Å²) in [6, 6.07) is 7.10. The number of hydrogen-bond donors (Lipinski definition) is 2. The number of aliphatic hydroxyl groups is 1. The molecule has 33 heavy (non-hydrogen) atoms. The van der Waals surface area contributed by atoms with Crippen LogP contribution in [0.1, 0.15) is 63.1 Å². The third kappa shape index (κ3) is 3.25. The summed E-state index contributed by atoms with van der Waals surface area (Å²) in [5.41, 5.74) is 5.01. The number of fused-ring (bicyclic) bond motifs is 3. The number of nitrogens with one attached hydrogen (secondary N) is 1. The number of hydrogen-bond acceptors (Lipinski definition) is 7. The van der Waals surface area contributed by atoms with Crippen LogP contribution in [0.4, 0.5) is 0 Å². The standard InChI is InChI=1S/C24H30N6O3/c1-14-20(13-33-22(14)31)29-10-9-24(23(29)32)7-5-17(6-8-24)25-12-16-3-4-18-19(11-16)15(2)30-21(18)26-27-28-30/h3-4,11,15,17,22,25,31H,5-10,12-13H2,1-2H3/t15?,17-,22?,24-. The molecule has 1 spiro atoms. The first-order valence-electron chi connectivity index (χ1n) is 11.9. The molecule has 2 N–H and O–H groups in total. The van der Waals surface area contributed by atoms with Gasteiger partial charge in [0.25, 0.3) is 0 Å². The highest BCUT2D eigenvalue weighted by Crippen LogP contribution is 2.46. The van der Waals surface area contributed by atoms with Gasteiger partial charge in [-0.25, -0.2) is 4.68 Å². The minimum absolute atomic E-state index is 0.154. The van der Waals surface area contributed by atoms with E-state index in [9.17, 15) is 9.90 Å². The van der Waals surface area contributed by atoms with Gasteiger partial charge in [0.2, 0.25) is 5.91 Å². The first-order valence-corrected chi connectivity index (χ1v) is 11.9. The third-order valence-electron chi connectivity index (χ3n) is 8.25. The predicted octanol–water partition coefficient (Wildman–Crippen LogP) is 2.14. The molecular formula is C24H30N6O3. The van der Waals surface area contributed by atoms with Crippen LogP contribution < -0.4 is 5.32 Å². The first kappa shape index (κ1) is 20.9. The second-order valence-electron chi connectivity index (χ2n) is 9.98. The van der Waals surface area contributed by atoms with Crippen molar-refractivity contribution in [2.75, 3.05) is 13.2 Å². The fourth-order valence-electron chi connectivity index (χ4n) is 6.04. The van der Waals surface area contributed by atoms with Gasteiger partial charge in [-0.15, -0.1) is 5.10 Å². The highest BCUT2D eigenvalue weighted by Gasteiger charge is 2.50. The van der Waals surface area contributed by atoms with Gasteiger partial charge in [0.1, 0.15) is 0 Å². The Balaban J connectivity index is 1.07. The van der Waals surface area contributed by atoms with E-state index < -0.39 is 6.29 Å². The second-order valence-corrected chi connectivity index (χ2v) is 9.98. The molecule has 6 rings (SSSR count). The monoisotopic (exact) mass is 450 g/mol. The van der Waals surface area contributed by atoms with Gasteiger partial charge in [-0.2, -0.15) is 0 Å². The predicted molar refractivity (Wildman–Crippen MR) is 120 cm³/mol. The molecule has 2 fully saturated rings. The normalized spacial score (nSPS) is 31.1. The van der Waals surface area contributed by atoms with Crippen LogP contribution in [-0.2, 0) is 16.1 Å². The number of aromatic nitrogens is 4. The molecule has 1 aromatic heterocycles. The number of aliphatic hydroxyl groups excluding tert-OH is 1. The van der Waals surface area contributed by atoms with Gasteiger partial charge in [0.05, 0.1) is 23.8 Å². The Labute approximate surface area is 192 Å². The number of ether oxygens (including phenoxy) is 1. The number of tetrazole rings is 1. The molecule has 1 amide bonds. The lowest BCUT2D eigenvalue weighted by Gasteiger charge is -2.36. The Bertz CT molecular complexity index is 1130. The van der Waals surface area contributed by atoms with Gasteiger partial charge < -0.3 is 20.1 Å². The highest BCUT2D eigenvalue weighted by molar-refractivity contribution is 5.86. The van der Waals surface area contributed by atoms with Crippen molar-refractivity contribution in [2.45, 2.75) is 70.9 Å². The largest absolute Gasteiger partial charge is 0.364 e. The molecule has 2 unspecified atom stereocenters. The quantitative estimate of drug-likeness (QED) is 0.735. The minimum Gasteiger partial charge on any atom is -0.364 e. The van der Waals surface area contributed by atoms with E-state index in [1.165, 1.54) is 11.1 Å². The van der Waals surface area contributed by atoms with Crippen molar-refractivity contribution in [3.63, 3.8) is 0 Å². The molecule has 2 atom stereocenters. The number of carbonyl (C=O) groups is 1. The summed E-state index contributed by atoms with van der Waals surface area (Å²) >= 11 is 0. The Morgan fingerprint density at radius 2 is 2.09 bits per heavy atom. The van der Waals surface area contributed by atoms with Crippen molar-refractivity contribution in [3.8, 4) is 11.4 Å². The summed E-state index contributed by atoms with van der Waals surface area (Å²) in [6.45, 7) is 5.85. The molecule has 1 aliphatic carbocycles. The maximum atomic E-state index is 13.3. The van der Waals surface area contributed by atoms with Crippen molar-refractivity contribution in [1.29, 1.82) is 0 Å². The minimum atomic E-state index is -0.874. The van der Waals surface area contributed by atoms with E-state index in [0.29, 0.717) is 12.6 Å². The maximum absolute atomic E-state index is 13.3. The van der Waals surface area contributed by atoms with Crippen molar-refractivity contribution >= 4 is 5.91 Å². The lowest BCUT2D eigenvalue weighted by atomic mass is 9.71. The molecule has 0 bridgehead atoms. The van der Waals surface area contributed by atoms with E-state index in [2.05, 4.69) is 46.0 Å². The molecule has 4 aliphatic rings. The van der Waals surface area contributed by atoms with Crippen molar-refractivity contribution < 1.29 is 14.6 Å². The average Bonchev–Trinajstić information content (AvgIpc) is 3.57. The summed E-state index contributed by atoms with van der Waals surface area (Å²) in [5, 5.41) is 25.6. The molecule has 1 saturated heterocycles.